The number of hydrogen-bond acceptors (Lipinski definition) is 5. The Morgan fingerprint density at radius 3 is 1.71 bits per heavy atom. The van der Waals surface area contributed by atoms with Crippen LogP contribution in [-0.4, -0.2) is 51.7 Å². The molecule has 17 heavy (non-hydrogen) atoms. The molecule has 7 nitrogen and oxygen atoms in total. The van der Waals surface area contributed by atoms with E-state index in [2.05, 4.69) is 10.6 Å². The lowest BCUT2D eigenvalue weighted by Gasteiger charge is -2.19. The molecule has 0 aromatic carbocycles. The van der Waals surface area contributed by atoms with E-state index in [4.69, 9.17) is 14.2 Å². The topological polar surface area (TPSA) is 85.9 Å². The molecule has 0 atom stereocenters. The van der Waals surface area contributed by atoms with E-state index in [1.807, 2.05) is 13.8 Å². The van der Waals surface area contributed by atoms with E-state index >= 15 is 0 Å². The van der Waals surface area contributed by atoms with Gasteiger partial charge in [-0.15, -0.1) is 0 Å². The number of nitrogens with one attached hydrogen (secondary N) is 2. The predicted molar refractivity (Wildman–Crippen MR) is 60.8 cm³/mol. The van der Waals surface area contributed by atoms with E-state index in [9.17, 15) is 9.59 Å². The number of rotatable bonds is 6. The fourth-order valence-electron chi connectivity index (χ4n) is 0.993. The fourth-order valence-corrected chi connectivity index (χ4v) is 0.993. The first-order chi connectivity index (χ1) is 7.99. The van der Waals surface area contributed by atoms with Crippen molar-refractivity contribution in [1.82, 2.24) is 10.6 Å². The fraction of sp³-hybridized carbons (Fsp3) is 0.800. The molecule has 100 valence electrons. The molecule has 0 heterocycles. The Balaban J connectivity index is 4.04. The van der Waals surface area contributed by atoms with Crippen LogP contribution in [0.2, 0.25) is 0 Å². The van der Waals surface area contributed by atoms with Crippen LogP contribution in [0.1, 0.15) is 13.8 Å². The summed E-state index contributed by atoms with van der Waals surface area (Å²) < 4.78 is 15.1. The van der Waals surface area contributed by atoms with Gasteiger partial charge >= 0.3 is 12.2 Å². The van der Waals surface area contributed by atoms with Crippen LogP contribution in [0, 0.1) is 0 Å². The summed E-state index contributed by atoms with van der Waals surface area (Å²) in [6.45, 7) is 3.73. The second kappa shape index (κ2) is 8.63. The van der Waals surface area contributed by atoms with Crippen molar-refractivity contribution in [3.63, 3.8) is 0 Å². The van der Waals surface area contributed by atoms with E-state index in [1.165, 1.54) is 14.1 Å². The zero-order valence-electron chi connectivity index (χ0n) is 10.6. The van der Waals surface area contributed by atoms with Crippen LogP contribution < -0.4 is 10.6 Å². The number of amides is 2. The maximum atomic E-state index is 10.9. The van der Waals surface area contributed by atoms with E-state index in [1.54, 1.807) is 0 Å². The molecule has 2 amide bonds. The highest BCUT2D eigenvalue weighted by Gasteiger charge is 2.16. The second-order valence-electron chi connectivity index (χ2n) is 3.50. The van der Waals surface area contributed by atoms with Crippen molar-refractivity contribution in [3.8, 4) is 0 Å². The molecule has 2 N–H and O–H groups in total. The van der Waals surface area contributed by atoms with Crippen LogP contribution in [0.5, 0.6) is 0 Å². The first-order valence-electron chi connectivity index (χ1n) is 5.34. The van der Waals surface area contributed by atoms with Crippen LogP contribution in [0.15, 0.2) is 0 Å². The molecule has 0 aliphatic carbocycles. The lowest BCUT2D eigenvalue weighted by molar-refractivity contribution is -0.0548. The molecule has 0 rings (SSSR count). The number of carbonyl (C=O) groups is 2. The van der Waals surface area contributed by atoms with Gasteiger partial charge in [0, 0.05) is 14.1 Å². The molecule has 0 saturated carbocycles. The smallest absolute Gasteiger partial charge is 0.406 e. The van der Waals surface area contributed by atoms with Gasteiger partial charge in [-0.05, 0) is 13.8 Å². The molecule has 0 aliphatic heterocycles. The van der Waals surface area contributed by atoms with Crippen LogP contribution in [0.3, 0.4) is 0 Å². The molecule has 0 radical (unpaired) electrons. The van der Waals surface area contributed by atoms with Crippen molar-refractivity contribution >= 4 is 12.2 Å². The zero-order valence-corrected chi connectivity index (χ0v) is 10.6. The van der Waals surface area contributed by atoms with Crippen LogP contribution in [0.4, 0.5) is 9.59 Å². The predicted octanol–water partition coefficient (Wildman–Crippen LogP) is 0.492. The van der Waals surface area contributed by atoms with Crippen LogP contribution >= 0.6 is 0 Å². The van der Waals surface area contributed by atoms with Gasteiger partial charge in [0.2, 0.25) is 0 Å². The van der Waals surface area contributed by atoms with E-state index in [0.29, 0.717) is 0 Å². The highest BCUT2D eigenvalue weighted by Crippen LogP contribution is 2.00. The Hall–Kier alpha value is -1.50. The summed E-state index contributed by atoms with van der Waals surface area (Å²) in [6.07, 6.45) is -1.64. The summed E-state index contributed by atoms with van der Waals surface area (Å²) in [6, 6.07) is 0. The number of alkyl carbamates (subject to hydrolysis) is 2. The summed E-state index contributed by atoms with van der Waals surface area (Å²) in [5.74, 6) is 0. The molecule has 0 fully saturated rings. The number of hydrogen-bond donors (Lipinski definition) is 2. The maximum absolute atomic E-state index is 10.9. The highest BCUT2D eigenvalue weighted by molar-refractivity contribution is 5.67. The van der Waals surface area contributed by atoms with Gasteiger partial charge in [0.25, 0.3) is 0 Å². The molecular weight excluding hydrogens is 228 g/mol. The minimum absolute atomic E-state index is 0.0227. The van der Waals surface area contributed by atoms with Gasteiger partial charge < -0.3 is 24.8 Å². The minimum atomic E-state index is -0.553. The third-order valence-electron chi connectivity index (χ3n) is 1.67. The van der Waals surface area contributed by atoms with Gasteiger partial charge in [-0.2, -0.15) is 0 Å². The number of carbonyl (C=O) groups excluding carboxylic acids is 2. The minimum Gasteiger partial charge on any atom is -0.447 e. The summed E-state index contributed by atoms with van der Waals surface area (Å²) >= 11 is 0. The second-order valence-corrected chi connectivity index (χ2v) is 3.50. The zero-order chi connectivity index (χ0) is 13.3. The van der Waals surface area contributed by atoms with Gasteiger partial charge in [-0.25, -0.2) is 9.59 Å². The third kappa shape index (κ3) is 8.32. The van der Waals surface area contributed by atoms with Gasteiger partial charge in [0.05, 0.1) is 6.10 Å². The lowest BCUT2D eigenvalue weighted by atomic mass is 10.3. The Morgan fingerprint density at radius 2 is 1.41 bits per heavy atom. The van der Waals surface area contributed by atoms with Gasteiger partial charge in [0.1, 0.15) is 19.3 Å². The first kappa shape index (κ1) is 15.5. The highest BCUT2D eigenvalue weighted by atomic mass is 16.6. The summed E-state index contributed by atoms with van der Waals surface area (Å²) in [5.41, 5.74) is 0. The Kier molecular flexibility index (Phi) is 7.87. The van der Waals surface area contributed by atoms with E-state index in [-0.39, 0.29) is 19.3 Å². The largest absolute Gasteiger partial charge is 0.447 e. The monoisotopic (exact) mass is 248 g/mol. The van der Waals surface area contributed by atoms with Crippen LogP contribution in [0.25, 0.3) is 0 Å². The molecule has 0 unspecified atom stereocenters. The van der Waals surface area contributed by atoms with Crippen molar-refractivity contribution in [2.45, 2.75) is 26.1 Å². The van der Waals surface area contributed by atoms with E-state index in [0.717, 1.165) is 0 Å². The van der Waals surface area contributed by atoms with Gasteiger partial charge in [0.15, 0.2) is 0 Å². The quantitative estimate of drug-likeness (QED) is 0.714. The van der Waals surface area contributed by atoms with Crippen molar-refractivity contribution in [2.75, 3.05) is 27.3 Å². The molecule has 0 spiro atoms. The summed E-state index contributed by atoms with van der Waals surface area (Å²) in [4.78, 5) is 21.8. The SMILES string of the molecule is CNC(=O)OCC(COC(=O)NC)OC(C)C. The number of ether oxygens (including phenoxy) is 3. The molecular formula is C10H20N2O5. The standard InChI is InChI=1S/C10H20N2O5/c1-7(2)17-8(5-15-9(13)11-3)6-16-10(14)12-4/h7-8H,5-6H2,1-4H3,(H,11,13)(H,12,14). The Bertz CT molecular complexity index is 225. The van der Waals surface area contributed by atoms with Crippen molar-refractivity contribution in [2.24, 2.45) is 0 Å². The normalized spacial score (nSPS) is 10.2. The van der Waals surface area contributed by atoms with Gasteiger partial charge in [-0.1, -0.05) is 0 Å². The molecule has 0 bridgehead atoms. The van der Waals surface area contributed by atoms with Gasteiger partial charge in [-0.3, -0.25) is 0 Å². The molecule has 0 aromatic heterocycles. The Labute approximate surface area is 101 Å². The third-order valence-corrected chi connectivity index (χ3v) is 1.67. The van der Waals surface area contributed by atoms with Crippen molar-refractivity contribution < 1.29 is 23.8 Å². The first-order valence-corrected chi connectivity index (χ1v) is 5.34. The average Bonchev–Trinajstić information content (AvgIpc) is 2.30. The maximum Gasteiger partial charge on any atom is 0.406 e. The molecule has 0 saturated heterocycles. The molecule has 0 aliphatic rings. The average molecular weight is 248 g/mol. The molecule has 0 aromatic rings. The van der Waals surface area contributed by atoms with E-state index < -0.39 is 18.3 Å². The van der Waals surface area contributed by atoms with Crippen molar-refractivity contribution in [1.29, 1.82) is 0 Å². The summed E-state index contributed by atoms with van der Waals surface area (Å²) in [7, 11) is 2.92. The van der Waals surface area contributed by atoms with Crippen molar-refractivity contribution in [3.05, 3.63) is 0 Å². The lowest BCUT2D eigenvalue weighted by Crippen LogP contribution is -2.34. The van der Waals surface area contributed by atoms with Crippen LogP contribution in [-0.2, 0) is 14.2 Å². The Morgan fingerprint density at radius 1 is 1.00 bits per heavy atom. The summed E-state index contributed by atoms with van der Waals surface area (Å²) in [5, 5.41) is 4.63. The molecule has 7 heteroatoms.